The number of carbonyl (C=O) groups is 1. The molecule has 0 radical (unpaired) electrons. The summed E-state index contributed by atoms with van der Waals surface area (Å²) in [5, 5.41) is 14.0. The van der Waals surface area contributed by atoms with E-state index in [1.807, 2.05) is 60.7 Å². The smallest absolute Gasteiger partial charge is 0.320 e. The monoisotopic (exact) mass is 296 g/mol. The molecule has 1 aliphatic heterocycles. The van der Waals surface area contributed by atoms with Crippen LogP contribution in [0, 0.1) is 0 Å². The number of nitrogens with one attached hydrogen (secondary N) is 1. The number of urea groups is 1. The fourth-order valence-electron chi connectivity index (χ4n) is 2.82. The summed E-state index contributed by atoms with van der Waals surface area (Å²) in [4.78, 5) is 14.2. The van der Waals surface area contributed by atoms with Crippen LogP contribution in [0.2, 0.25) is 0 Å². The van der Waals surface area contributed by atoms with Crippen molar-refractivity contribution in [2.75, 3.05) is 13.1 Å². The molecule has 0 unspecified atom stereocenters. The zero-order valence-electron chi connectivity index (χ0n) is 12.4. The molecule has 0 saturated carbocycles. The molecule has 1 fully saturated rings. The van der Waals surface area contributed by atoms with E-state index in [1.165, 1.54) is 0 Å². The van der Waals surface area contributed by atoms with Crippen LogP contribution in [0.4, 0.5) is 4.79 Å². The first-order valence-corrected chi connectivity index (χ1v) is 7.61. The van der Waals surface area contributed by atoms with Gasteiger partial charge in [-0.15, -0.1) is 0 Å². The summed E-state index contributed by atoms with van der Waals surface area (Å²) >= 11 is 0. The predicted molar refractivity (Wildman–Crippen MR) is 85.2 cm³/mol. The number of amides is 2. The highest BCUT2D eigenvalue weighted by Gasteiger charge is 2.35. The molecule has 3 rings (SSSR count). The minimum absolute atomic E-state index is 0.229. The van der Waals surface area contributed by atoms with E-state index in [4.69, 9.17) is 0 Å². The molecule has 114 valence electrons. The number of carbonyl (C=O) groups excluding carboxylic acids is 1. The van der Waals surface area contributed by atoms with E-state index in [-0.39, 0.29) is 6.03 Å². The lowest BCUT2D eigenvalue weighted by atomic mass is 9.94. The van der Waals surface area contributed by atoms with Gasteiger partial charge >= 0.3 is 6.03 Å². The fraction of sp³-hybridized carbons (Fsp3) is 0.278. The molecule has 22 heavy (non-hydrogen) atoms. The maximum Gasteiger partial charge on any atom is 0.320 e. The van der Waals surface area contributed by atoms with Gasteiger partial charge in [-0.05, 0) is 12.8 Å². The third-order valence-electron chi connectivity index (χ3n) is 4.06. The topological polar surface area (TPSA) is 52.6 Å². The molecule has 0 bridgehead atoms. The Morgan fingerprint density at radius 2 is 1.36 bits per heavy atom. The lowest BCUT2D eigenvalue weighted by Gasteiger charge is -2.32. The largest absolute Gasteiger partial charge is 0.363 e. The van der Waals surface area contributed by atoms with Gasteiger partial charge in [0.2, 0.25) is 0 Å². The van der Waals surface area contributed by atoms with Crippen LogP contribution < -0.4 is 5.32 Å². The van der Waals surface area contributed by atoms with Crippen molar-refractivity contribution < 1.29 is 9.90 Å². The van der Waals surface area contributed by atoms with Crippen LogP contribution in [0.1, 0.15) is 24.0 Å². The second kappa shape index (κ2) is 6.20. The van der Waals surface area contributed by atoms with E-state index in [0.717, 1.165) is 25.9 Å². The number of rotatable bonds is 3. The average molecular weight is 296 g/mol. The highest BCUT2D eigenvalue weighted by atomic mass is 16.3. The van der Waals surface area contributed by atoms with Crippen molar-refractivity contribution in [1.82, 2.24) is 10.2 Å². The molecule has 1 saturated heterocycles. The Hall–Kier alpha value is -2.33. The molecule has 0 spiro atoms. The first kappa shape index (κ1) is 14.6. The molecule has 0 atom stereocenters. The quantitative estimate of drug-likeness (QED) is 0.856. The van der Waals surface area contributed by atoms with E-state index in [2.05, 4.69) is 5.32 Å². The molecular formula is C18H20N2O2. The Labute approximate surface area is 130 Å². The van der Waals surface area contributed by atoms with E-state index in [9.17, 15) is 9.90 Å². The van der Waals surface area contributed by atoms with Crippen molar-refractivity contribution in [2.24, 2.45) is 0 Å². The molecule has 4 nitrogen and oxygen atoms in total. The van der Waals surface area contributed by atoms with Crippen molar-refractivity contribution >= 4 is 6.03 Å². The van der Waals surface area contributed by atoms with Crippen molar-refractivity contribution in [1.29, 1.82) is 0 Å². The third kappa shape index (κ3) is 2.83. The molecule has 1 aliphatic rings. The molecule has 2 amide bonds. The van der Waals surface area contributed by atoms with Crippen LogP contribution in [-0.2, 0) is 5.72 Å². The minimum Gasteiger partial charge on any atom is -0.363 e. The van der Waals surface area contributed by atoms with Crippen LogP contribution in [0.15, 0.2) is 60.7 Å². The van der Waals surface area contributed by atoms with Gasteiger partial charge in [-0.2, -0.15) is 0 Å². The molecule has 2 aromatic carbocycles. The second-order valence-electron chi connectivity index (χ2n) is 5.57. The number of nitrogens with zero attached hydrogens (tertiary/aromatic N) is 1. The molecular weight excluding hydrogens is 276 g/mol. The van der Waals surface area contributed by atoms with Gasteiger partial charge in [0.05, 0.1) is 0 Å². The van der Waals surface area contributed by atoms with Crippen LogP contribution in [0.5, 0.6) is 0 Å². The zero-order valence-corrected chi connectivity index (χ0v) is 12.4. The van der Waals surface area contributed by atoms with Crippen molar-refractivity contribution in [2.45, 2.75) is 18.6 Å². The SMILES string of the molecule is O=C(NC(O)(c1ccccc1)c1ccccc1)N1CCCC1. The Kier molecular flexibility index (Phi) is 4.11. The lowest BCUT2D eigenvalue weighted by Crippen LogP contribution is -2.51. The van der Waals surface area contributed by atoms with Gasteiger partial charge in [0.25, 0.3) is 0 Å². The van der Waals surface area contributed by atoms with Crippen LogP contribution >= 0.6 is 0 Å². The van der Waals surface area contributed by atoms with Gasteiger partial charge < -0.3 is 15.3 Å². The average Bonchev–Trinajstić information content (AvgIpc) is 3.11. The molecule has 2 aromatic rings. The lowest BCUT2D eigenvalue weighted by molar-refractivity contribution is 0.0483. The zero-order chi connectivity index (χ0) is 15.4. The highest BCUT2D eigenvalue weighted by molar-refractivity contribution is 5.76. The maximum atomic E-state index is 12.5. The van der Waals surface area contributed by atoms with Crippen LogP contribution in [-0.4, -0.2) is 29.1 Å². The minimum atomic E-state index is -1.53. The van der Waals surface area contributed by atoms with Crippen molar-refractivity contribution in [3.63, 3.8) is 0 Å². The van der Waals surface area contributed by atoms with Crippen molar-refractivity contribution in [3.05, 3.63) is 71.8 Å². The van der Waals surface area contributed by atoms with E-state index in [1.54, 1.807) is 4.90 Å². The first-order chi connectivity index (χ1) is 10.7. The standard InChI is InChI=1S/C18H20N2O2/c21-17(20-13-7-8-14-20)19-18(22,15-9-3-1-4-10-15)16-11-5-2-6-12-16/h1-6,9-12,22H,7-8,13-14H2,(H,19,21). The Morgan fingerprint density at radius 1 is 0.909 bits per heavy atom. The number of likely N-dealkylation sites (tertiary alicyclic amines) is 1. The summed E-state index contributed by atoms with van der Waals surface area (Å²) in [5.74, 6) is 0. The summed E-state index contributed by atoms with van der Waals surface area (Å²) in [7, 11) is 0. The number of hydrogen-bond donors (Lipinski definition) is 2. The van der Waals surface area contributed by atoms with Gasteiger partial charge in [0.1, 0.15) is 0 Å². The summed E-state index contributed by atoms with van der Waals surface area (Å²) in [5.41, 5.74) is -0.232. The number of aliphatic hydroxyl groups is 1. The number of benzene rings is 2. The molecule has 1 heterocycles. The summed E-state index contributed by atoms with van der Waals surface area (Å²) in [6, 6.07) is 18.2. The van der Waals surface area contributed by atoms with E-state index < -0.39 is 5.72 Å². The van der Waals surface area contributed by atoms with Crippen LogP contribution in [0.25, 0.3) is 0 Å². The summed E-state index contributed by atoms with van der Waals surface area (Å²) in [6.45, 7) is 1.48. The highest BCUT2D eigenvalue weighted by Crippen LogP contribution is 2.27. The first-order valence-electron chi connectivity index (χ1n) is 7.61. The van der Waals surface area contributed by atoms with Crippen LogP contribution in [0.3, 0.4) is 0 Å². The third-order valence-corrected chi connectivity index (χ3v) is 4.06. The maximum absolute atomic E-state index is 12.5. The Balaban J connectivity index is 1.94. The number of hydrogen-bond acceptors (Lipinski definition) is 2. The fourth-order valence-corrected chi connectivity index (χ4v) is 2.82. The van der Waals surface area contributed by atoms with E-state index >= 15 is 0 Å². The molecule has 0 aliphatic carbocycles. The van der Waals surface area contributed by atoms with Gasteiger partial charge in [-0.3, -0.25) is 0 Å². The predicted octanol–water partition coefficient (Wildman–Crippen LogP) is 2.69. The van der Waals surface area contributed by atoms with Crippen molar-refractivity contribution in [3.8, 4) is 0 Å². The molecule has 2 N–H and O–H groups in total. The molecule has 4 heteroatoms. The molecule has 0 aromatic heterocycles. The second-order valence-corrected chi connectivity index (χ2v) is 5.57. The Morgan fingerprint density at radius 3 is 1.82 bits per heavy atom. The summed E-state index contributed by atoms with van der Waals surface area (Å²) in [6.07, 6.45) is 2.03. The summed E-state index contributed by atoms with van der Waals surface area (Å²) < 4.78 is 0. The van der Waals surface area contributed by atoms with E-state index in [0.29, 0.717) is 11.1 Å². The van der Waals surface area contributed by atoms with Gasteiger partial charge in [-0.1, -0.05) is 60.7 Å². The Bertz CT molecular complexity index is 583. The normalized spacial score (nSPS) is 14.9. The van der Waals surface area contributed by atoms with Gasteiger partial charge in [0, 0.05) is 24.2 Å². The van der Waals surface area contributed by atoms with Gasteiger partial charge in [0.15, 0.2) is 5.72 Å². The van der Waals surface area contributed by atoms with Gasteiger partial charge in [-0.25, -0.2) is 4.79 Å².